The van der Waals surface area contributed by atoms with Crippen molar-refractivity contribution >= 4 is 40.2 Å². The minimum absolute atomic E-state index is 0.0952. The SMILES string of the molecule is CCOCCCn1c(SCC(=O)NCCc2ccccc2)nc2cc(Cl)ccc2c1=O. The zero-order chi connectivity index (χ0) is 22.1. The van der Waals surface area contributed by atoms with E-state index in [2.05, 4.69) is 10.3 Å². The Hall–Kier alpha value is -2.35. The van der Waals surface area contributed by atoms with Crippen LogP contribution in [0.1, 0.15) is 18.9 Å². The largest absolute Gasteiger partial charge is 0.382 e. The second-order valence-corrected chi connectivity index (χ2v) is 8.32. The van der Waals surface area contributed by atoms with Crippen LogP contribution in [0.15, 0.2) is 58.5 Å². The third-order valence-corrected chi connectivity index (χ3v) is 5.88. The lowest BCUT2D eigenvalue weighted by atomic mass is 10.1. The van der Waals surface area contributed by atoms with Crippen molar-refractivity contribution in [2.75, 3.05) is 25.5 Å². The second-order valence-electron chi connectivity index (χ2n) is 6.94. The van der Waals surface area contributed by atoms with Gasteiger partial charge < -0.3 is 10.1 Å². The van der Waals surface area contributed by atoms with Crippen LogP contribution in [0.5, 0.6) is 0 Å². The Bertz CT molecular complexity index is 1070. The minimum Gasteiger partial charge on any atom is -0.382 e. The highest BCUT2D eigenvalue weighted by Crippen LogP contribution is 2.20. The van der Waals surface area contributed by atoms with Crippen LogP contribution in [0.3, 0.4) is 0 Å². The van der Waals surface area contributed by atoms with E-state index in [1.54, 1.807) is 22.8 Å². The summed E-state index contributed by atoms with van der Waals surface area (Å²) in [7, 11) is 0. The number of benzene rings is 2. The van der Waals surface area contributed by atoms with Gasteiger partial charge in [-0.15, -0.1) is 0 Å². The molecule has 164 valence electrons. The fourth-order valence-electron chi connectivity index (χ4n) is 3.12. The molecular formula is C23H26ClN3O3S. The maximum atomic E-state index is 13.0. The molecule has 8 heteroatoms. The number of nitrogens with one attached hydrogen (secondary N) is 1. The number of halogens is 1. The summed E-state index contributed by atoms with van der Waals surface area (Å²) in [6.45, 7) is 4.17. The Balaban J connectivity index is 1.68. The molecule has 0 radical (unpaired) electrons. The summed E-state index contributed by atoms with van der Waals surface area (Å²) in [4.78, 5) is 30.0. The molecule has 0 fully saturated rings. The van der Waals surface area contributed by atoms with Gasteiger partial charge in [0.05, 0.1) is 16.7 Å². The van der Waals surface area contributed by atoms with Gasteiger partial charge in [0.2, 0.25) is 5.91 Å². The molecule has 1 heterocycles. The Kier molecular flexibility index (Phi) is 8.94. The maximum Gasteiger partial charge on any atom is 0.262 e. The lowest BCUT2D eigenvalue weighted by Crippen LogP contribution is -2.28. The van der Waals surface area contributed by atoms with Crippen molar-refractivity contribution in [2.24, 2.45) is 0 Å². The van der Waals surface area contributed by atoms with Crippen molar-refractivity contribution in [3.63, 3.8) is 0 Å². The number of carbonyl (C=O) groups excluding carboxylic acids is 1. The highest BCUT2D eigenvalue weighted by atomic mass is 35.5. The van der Waals surface area contributed by atoms with Gasteiger partial charge in [0, 0.05) is 31.3 Å². The molecule has 0 unspecified atom stereocenters. The molecule has 0 saturated carbocycles. The summed E-state index contributed by atoms with van der Waals surface area (Å²) >= 11 is 7.34. The van der Waals surface area contributed by atoms with Crippen molar-refractivity contribution in [3.8, 4) is 0 Å². The van der Waals surface area contributed by atoms with E-state index in [1.165, 1.54) is 17.3 Å². The number of thioether (sulfide) groups is 1. The molecule has 2 aromatic carbocycles. The number of fused-ring (bicyclic) bond motifs is 1. The number of ether oxygens (including phenoxy) is 1. The molecule has 0 aliphatic heterocycles. The first-order chi connectivity index (χ1) is 15.1. The minimum atomic E-state index is -0.134. The van der Waals surface area contributed by atoms with Gasteiger partial charge in [0.15, 0.2) is 5.16 Å². The quantitative estimate of drug-likeness (QED) is 0.267. The predicted molar refractivity (Wildman–Crippen MR) is 126 cm³/mol. The first-order valence-electron chi connectivity index (χ1n) is 10.3. The number of hydrogen-bond donors (Lipinski definition) is 1. The van der Waals surface area contributed by atoms with Crippen molar-refractivity contribution in [1.82, 2.24) is 14.9 Å². The first kappa shape index (κ1) is 23.3. The van der Waals surface area contributed by atoms with Crippen LogP contribution in [-0.4, -0.2) is 41.0 Å². The highest BCUT2D eigenvalue weighted by molar-refractivity contribution is 7.99. The smallest absolute Gasteiger partial charge is 0.262 e. The second kappa shape index (κ2) is 11.9. The van der Waals surface area contributed by atoms with E-state index in [9.17, 15) is 9.59 Å². The molecule has 1 aromatic heterocycles. The normalized spacial score (nSPS) is 11.0. The van der Waals surface area contributed by atoms with Crippen LogP contribution in [0.4, 0.5) is 0 Å². The van der Waals surface area contributed by atoms with E-state index in [0.29, 0.717) is 53.8 Å². The Labute approximate surface area is 191 Å². The molecule has 0 aliphatic rings. The lowest BCUT2D eigenvalue weighted by molar-refractivity contribution is -0.118. The highest BCUT2D eigenvalue weighted by Gasteiger charge is 2.13. The predicted octanol–water partition coefficient (Wildman–Crippen LogP) is 3.93. The van der Waals surface area contributed by atoms with E-state index < -0.39 is 0 Å². The van der Waals surface area contributed by atoms with Gasteiger partial charge in [-0.1, -0.05) is 53.7 Å². The molecule has 1 N–H and O–H groups in total. The fraction of sp³-hybridized carbons (Fsp3) is 0.348. The van der Waals surface area contributed by atoms with Crippen LogP contribution in [0, 0.1) is 0 Å². The molecule has 0 atom stereocenters. The van der Waals surface area contributed by atoms with Gasteiger partial charge in [0.1, 0.15) is 0 Å². The standard InChI is InChI=1S/C23H26ClN3O3S/c1-2-30-14-6-13-27-22(29)19-10-9-18(24)15-20(19)26-23(27)31-16-21(28)25-12-11-17-7-4-3-5-8-17/h3-5,7-10,15H,2,6,11-14,16H2,1H3,(H,25,28). The number of carbonyl (C=O) groups is 1. The summed E-state index contributed by atoms with van der Waals surface area (Å²) in [5.41, 5.74) is 1.57. The van der Waals surface area contributed by atoms with Crippen LogP contribution in [0.2, 0.25) is 5.02 Å². The average molecular weight is 460 g/mol. The van der Waals surface area contributed by atoms with Crippen molar-refractivity contribution in [1.29, 1.82) is 0 Å². The van der Waals surface area contributed by atoms with E-state index in [1.807, 2.05) is 37.3 Å². The number of nitrogens with zero attached hydrogens (tertiary/aromatic N) is 2. The van der Waals surface area contributed by atoms with Crippen LogP contribution in [0.25, 0.3) is 10.9 Å². The summed E-state index contributed by atoms with van der Waals surface area (Å²) in [6, 6.07) is 15.0. The van der Waals surface area contributed by atoms with E-state index >= 15 is 0 Å². The zero-order valence-electron chi connectivity index (χ0n) is 17.5. The van der Waals surface area contributed by atoms with Gasteiger partial charge in [-0.05, 0) is 43.5 Å². The van der Waals surface area contributed by atoms with Crippen LogP contribution in [-0.2, 0) is 22.5 Å². The maximum absolute atomic E-state index is 13.0. The number of aromatic nitrogens is 2. The van der Waals surface area contributed by atoms with E-state index in [0.717, 1.165) is 6.42 Å². The van der Waals surface area contributed by atoms with Crippen molar-refractivity contribution < 1.29 is 9.53 Å². The van der Waals surface area contributed by atoms with E-state index in [-0.39, 0.29) is 17.2 Å². The third-order valence-electron chi connectivity index (χ3n) is 4.67. The topological polar surface area (TPSA) is 73.2 Å². The van der Waals surface area contributed by atoms with E-state index in [4.69, 9.17) is 16.3 Å². The molecular weight excluding hydrogens is 434 g/mol. The molecule has 0 bridgehead atoms. The van der Waals surface area contributed by atoms with Crippen LogP contribution >= 0.6 is 23.4 Å². The Morgan fingerprint density at radius 2 is 2.03 bits per heavy atom. The Morgan fingerprint density at radius 3 is 2.81 bits per heavy atom. The zero-order valence-corrected chi connectivity index (χ0v) is 19.0. The molecule has 0 saturated heterocycles. The number of hydrogen-bond acceptors (Lipinski definition) is 5. The summed E-state index contributed by atoms with van der Waals surface area (Å²) in [5.74, 6) is 0.0842. The molecule has 0 aliphatic carbocycles. The van der Waals surface area contributed by atoms with Crippen molar-refractivity contribution in [3.05, 3.63) is 69.5 Å². The first-order valence-corrected chi connectivity index (χ1v) is 11.7. The molecule has 3 aromatic rings. The molecule has 6 nitrogen and oxygen atoms in total. The monoisotopic (exact) mass is 459 g/mol. The molecule has 1 amide bonds. The Morgan fingerprint density at radius 1 is 1.23 bits per heavy atom. The van der Waals surface area contributed by atoms with Gasteiger partial charge in [-0.25, -0.2) is 4.98 Å². The van der Waals surface area contributed by atoms with Gasteiger partial charge in [-0.2, -0.15) is 0 Å². The van der Waals surface area contributed by atoms with Crippen molar-refractivity contribution in [2.45, 2.75) is 31.5 Å². The molecule has 31 heavy (non-hydrogen) atoms. The number of rotatable bonds is 11. The lowest BCUT2D eigenvalue weighted by Gasteiger charge is -2.13. The molecule has 3 rings (SSSR count). The summed E-state index contributed by atoms with van der Waals surface area (Å²) in [5, 5.41) is 4.46. The summed E-state index contributed by atoms with van der Waals surface area (Å²) in [6.07, 6.45) is 1.46. The fourth-order valence-corrected chi connectivity index (χ4v) is 4.14. The van der Waals surface area contributed by atoms with Gasteiger partial charge in [-0.3, -0.25) is 14.2 Å². The number of amides is 1. The van der Waals surface area contributed by atoms with Crippen LogP contribution < -0.4 is 10.9 Å². The molecule has 0 spiro atoms. The third kappa shape index (κ3) is 6.82. The summed E-state index contributed by atoms with van der Waals surface area (Å²) < 4.78 is 7.02. The average Bonchev–Trinajstić information content (AvgIpc) is 2.77. The van der Waals surface area contributed by atoms with Gasteiger partial charge >= 0.3 is 0 Å². The van der Waals surface area contributed by atoms with Gasteiger partial charge in [0.25, 0.3) is 5.56 Å².